The topological polar surface area (TPSA) is 54.4 Å². The number of alkyl halides is 1. The van der Waals surface area contributed by atoms with Crippen LogP contribution in [0.3, 0.4) is 0 Å². The number of halogens is 2. The SMILES string of the molecule is O=C[C@@H]1[C@@H](c2ccc(F)cc2)[C@](Cl)(c2ccccc2)C(=O)[C@@]1(O)c1ccccc1. The Hall–Kier alpha value is -2.82. The van der Waals surface area contributed by atoms with Crippen LogP contribution in [0, 0.1) is 11.7 Å². The third-order valence-corrected chi connectivity index (χ3v) is 6.36. The molecule has 146 valence electrons. The van der Waals surface area contributed by atoms with Crippen molar-refractivity contribution in [2.75, 3.05) is 0 Å². The van der Waals surface area contributed by atoms with Gasteiger partial charge in [0.2, 0.25) is 0 Å². The molecule has 1 aliphatic carbocycles. The van der Waals surface area contributed by atoms with E-state index in [2.05, 4.69) is 0 Å². The molecule has 0 saturated heterocycles. The van der Waals surface area contributed by atoms with Gasteiger partial charge in [-0.05, 0) is 28.8 Å². The van der Waals surface area contributed by atoms with Crippen LogP contribution in [-0.4, -0.2) is 17.2 Å². The number of Topliss-reactive ketones (excluding diaryl/α,β-unsaturated/α-hetero) is 1. The fourth-order valence-corrected chi connectivity index (χ4v) is 4.88. The molecule has 4 atom stereocenters. The lowest BCUT2D eigenvalue weighted by atomic mass is 9.77. The van der Waals surface area contributed by atoms with Gasteiger partial charge >= 0.3 is 0 Å². The number of aldehydes is 1. The van der Waals surface area contributed by atoms with E-state index >= 15 is 0 Å². The second-order valence-electron chi connectivity index (χ2n) is 7.23. The van der Waals surface area contributed by atoms with Crippen LogP contribution >= 0.6 is 11.6 Å². The Balaban J connectivity index is 2.00. The summed E-state index contributed by atoms with van der Waals surface area (Å²) in [6, 6.07) is 22.5. The number of hydrogen-bond donors (Lipinski definition) is 1. The molecule has 1 N–H and O–H groups in total. The molecule has 0 amide bonds. The number of carbonyl (C=O) groups is 2. The first kappa shape index (κ1) is 19.5. The summed E-state index contributed by atoms with van der Waals surface area (Å²) in [4.78, 5) is 24.3. The lowest BCUT2D eigenvalue weighted by Crippen LogP contribution is -2.41. The molecule has 4 rings (SSSR count). The fourth-order valence-electron chi connectivity index (χ4n) is 4.35. The maximum atomic E-state index is 13.8. The maximum Gasteiger partial charge on any atom is 0.195 e. The number of ketones is 1. The molecule has 3 aromatic rings. The third-order valence-electron chi connectivity index (χ3n) is 5.73. The largest absolute Gasteiger partial charge is 0.376 e. The standard InChI is InChI=1S/C24H18ClFO3/c25-23(17-7-3-1-4-8-17)21(16-11-13-19(26)14-12-16)20(15-27)24(29,22(23)28)18-9-5-2-6-10-18/h1-15,20-21,29H/t20-,21-,23-,24-/m1/s1. The Morgan fingerprint density at radius 2 is 1.38 bits per heavy atom. The van der Waals surface area contributed by atoms with E-state index in [1.54, 1.807) is 60.7 Å². The normalized spacial score (nSPS) is 29.0. The van der Waals surface area contributed by atoms with Crippen LogP contribution in [0.2, 0.25) is 0 Å². The Morgan fingerprint density at radius 1 is 0.862 bits per heavy atom. The lowest BCUT2D eigenvalue weighted by Gasteiger charge is -2.29. The number of hydrogen-bond acceptors (Lipinski definition) is 3. The molecule has 0 aliphatic heterocycles. The summed E-state index contributed by atoms with van der Waals surface area (Å²) in [6.07, 6.45) is 0.575. The fraction of sp³-hybridized carbons (Fsp3) is 0.167. The summed E-state index contributed by atoms with van der Waals surface area (Å²) in [6.45, 7) is 0. The van der Waals surface area contributed by atoms with Crippen molar-refractivity contribution in [2.24, 2.45) is 5.92 Å². The highest BCUT2D eigenvalue weighted by atomic mass is 35.5. The van der Waals surface area contributed by atoms with Crippen LogP contribution in [0.5, 0.6) is 0 Å². The number of rotatable bonds is 4. The predicted octanol–water partition coefficient (Wildman–Crippen LogP) is 4.33. The van der Waals surface area contributed by atoms with Crippen LogP contribution in [0.25, 0.3) is 0 Å². The molecule has 1 fully saturated rings. The first-order valence-electron chi connectivity index (χ1n) is 9.22. The van der Waals surface area contributed by atoms with E-state index in [0.29, 0.717) is 23.0 Å². The van der Waals surface area contributed by atoms with Gasteiger partial charge in [-0.3, -0.25) is 4.79 Å². The second-order valence-corrected chi connectivity index (χ2v) is 7.83. The monoisotopic (exact) mass is 408 g/mol. The van der Waals surface area contributed by atoms with Gasteiger partial charge in [0.15, 0.2) is 11.4 Å². The van der Waals surface area contributed by atoms with Crippen LogP contribution in [0.15, 0.2) is 84.9 Å². The molecular formula is C24H18ClFO3. The smallest absolute Gasteiger partial charge is 0.195 e. The minimum atomic E-state index is -2.11. The average Bonchev–Trinajstić information content (AvgIpc) is 2.95. The summed E-state index contributed by atoms with van der Waals surface area (Å²) in [7, 11) is 0. The minimum absolute atomic E-state index is 0.299. The van der Waals surface area contributed by atoms with E-state index in [0.717, 1.165) is 0 Å². The highest BCUT2D eigenvalue weighted by Crippen LogP contribution is 2.60. The van der Waals surface area contributed by atoms with Gasteiger partial charge < -0.3 is 9.90 Å². The first-order chi connectivity index (χ1) is 13.9. The first-order valence-corrected chi connectivity index (χ1v) is 9.59. The van der Waals surface area contributed by atoms with Crippen molar-refractivity contribution in [3.05, 3.63) is 107 Å². The highest BCUT2D eigenvalue weighted by molar-refractivity contribution is 6.38. The van der Waals surface area contributed by atoms with Crippen LogP contribution < -0.4 is 0 Å². The predicted molar refractivity (Wildman–Crippen MR) is 108 cm³/mol. The molecule has 3 aromatic carbocycles. The summed E-state index contributed by atoms with van der Waals surface area (Å²) in [5, 5.41) is 11.6. The average molecular weight is 409 g/mol. The van der Waals surface area contributed by atoms with E-state index in [1.807, 2.05) is 0 Å². The Bertz CT molecular complexity index is 1040. The van der Waals surface area contributed by atoms with Crippen molar-refractivity contribution >= 4 is 23.7 Å². The zero-order chi connectivity index (χ0) is 20.6. The van der Waals surface area contributed by atoms with E-state index in [9.17, 15) is 19.1 Å². The molecule has 0 bridgehead atoms. The lowest BCUT2D eigenvalue weighted by molar-refractivity contribution is -0.142. The molecular weight excluding hydrogens is 391 g/mol. The van der Waals surface area contributed by atoms with Gasteiger partial charge in [0, 0.05) is 5.92 Å². The molecule has 1 aliphatic rings. The quantitative estimate of drug-likeness (QED) is 0.516. The van der Waals surface area contributed by atoms with E-state index in [-0.39, 0.29) is 0 Å². The molecule has 0 heterocycles. The summed E-state index contributed by atoms with van der Waals surface area (Å²) < 4.78 is 13.5. The van der Waals surface area contributed by atoms with Gasteiger partial charge in [-0.15, -0.1) is 11.6 Å². The van der Waals surface area contributed by atoms with Crippen molar-refractivity contribution in [1.29, 1.82) is 0 Å². The molecule has 3 nitrogen and oxygen atoms in total. The maximum absolute atomic E-state index is 13.8. The van der Waals surface area contributed by atoms with Crippen molar-refractivity contribution < 1.29 is 19.1 Å². The number of carbonyl (C=O) groups excluding carboxylic acids is 2. The van der Waals surface area contributed by atoms with Gasteiger partial charge in [-0.2, -0.15) is 0 Å². The van der Waals surface area contributed by atoms with Gasteiger partial charge in [0.05, 0.1) is 5.92 Å². The second kappa shape index (κ2) is 7.21. The van der Waals surface area contributed by atoms with E-state index in [1.165, 1.54) is 24.3 Å². The van der Waals surface area contributed by atoms with E-state index < -0.39 is 33.9 Å². The minimum Gasteiger partial charge on any atom is -0.376 e. The third kappa shape index (κ3) is 2.83. The zero-order valence-electron chi connectivity index (χ0n) is 15.3. The number of benzene rings is 3. The number of aliphatic hydroxyl groups is 1. The van der Waals surface area contributed by atoms with Crippen molar-refractivity contribution in [2.45, 2.75) is 16.4 Å². The Morgan fingerprint density at radius 3 is 1.90 bits per heavy atom. The molecule has 0 radical (unpaired) electrons. The molecule has 0 aromatic heterocycles. The van der Waals surface area contributed by atoms with Crippen molar-refractivity contribution in [3.8, 4) is 0 Å². The molecule has 0 spiro atoms. The van der Waals surface area contributed by atoms with Crippen molar-refractivity contribution in [3.63, 3.8) is 0 Å². The Labute approximate surface area is 172 Å². The molecule has 29 heavy (non-hydrogen) atoms. The van der Waals surface area contributed by atoms with Crippen LogP contribution in [0.1, 0.15) is 22.6 Å². The zero-order valence-corrected chi connectivity index (χ0v) is 16.1. The van der Waals surface area contributed by atoms with Crippen molar-refractivity contribution in [1.82, 2.24) is 0 Å². The summed E-state index contributed by atoms with van der Waals surface area (Å²) in [5.41, 5.74) is -0.838. The highest BCUT2D eigenvalue weighted by Gasteiger charge is 2.68. The van der Waals surface area contributed by atoms with Gasteiger partial charge in [0.25, 0.3) is 0 Å². The summed E-state index contributed by atoms with van der Waals surface area (Å²) in [5.74, 6) is -3.16. The molecule has 0 unspecified atom stereocenters. The molecule has 1 saturated carbocycles. The summed E-state index contributed by atoms with van der Waals surface area (Å²) >= 11 is 7.03. The van der Waals surface area contributed by atoms with Gasteiger partial charge in [0.1, 0.15) is 17.0 Å². The van der Waals surface area contributed by atoms with Crippen LogP contribution in [-0.2, 0) is 20.1 Å². The van der Waals surface area contributed by atoms with Gasteiger partial charge in [-0.1, -0.05) is 72.8 Å². The van der Waals surface area contributed by atoms with Crippen LogP contribution in [0.4, 0.5) is 4.39 Å². The molecule has 5 heteroatoms. The van der Waals surface area contributed by atoms with Gasteiger partial charge in [-0.25, -0.2) is 4.39 Å². The Kier molecular flexibility index (Phi) is 4.85. The van der Waals surface area contributed by atoms with E-state index in [4.69, 9.17) is 11.6 Å².